The van der Waals surface area contributed by atoms with Crippen LogP contribution < -0.4 is 5.32 Å². The first-order chi connectivity index (χ1) is 10.8. The molecule has 6 nitrogen and oxygen atoms in total. The van der Waals surface area contributed by atoms with Crippen LogP contribution in [0.15, 0.2) is 30.3 Å². The average molecular weight is 318 g/mol. The Hall–Kier alpha value is -2.37. The summed E-state index contributed by atoms with van der Waals surface area (Å²) in [6.45, 7) is 5.67. The fourth-order valence-corrected chi connectivity index (χ4v) is 2.32. The second-order valence-electron chi connectivity index (χ2n) is 6.74. The van der Waals surface area contributed by atoms with Crippen molar-refractivity contribution >= 4 is 17.9 Å². The summed E-state index contributed by atoms with van der Waals surface area (Å²) in [5.41, 5.74) is 0.837. The summed E-state index contributed by atoms with van der Waals surface area (Å²) in [6.07, 6.45) is 0.278. The Morgan fingerprint density at radius 3 is 2.43 bits per heavy atom. The maximum absolute atomic E-state index is 12.1. The van der Waals surface area contributed by atoms with Gasteiger partial charge in [0.2, 0.25) is 5.91 Å². The van der Waals surface area contributed by atoms with Gasteiger partial charge in [0, 0.05) is 6.42 Å². The molecule has 1 unspecified atom stereocenters. The van der Waals surface area contributed by atoms with E-state index < -0.39 is 17.9 Å². The van der Waals surface area contributed by atoms with Crippen LogP contribution in [0.2, 0.25) is 0 Å². The second kappa shape index (κ2) is 6.81. The molecule has 0 aromatic heterocycles. The number of carbonyl (C=O) groups excluding carboxylic acids is 3. The highest BCUT2D eigenvalue weighted by atomic mass is 16.5. The lowest BCUT2D eigenvalue weighted by Gasteiger charge is -2.31. The molecule has 1 heterocycles. The molecule has 6 heteroatoms. The number of benzene rings is 1. The summed E-state index contributed by atoms with van der Waals surface area (Å²) >= 11 is 0. The second-order valence-corrected chi connectivity index (χ2v) is 6.74. The van der Waals surface area contributed by atoms with Crippen molar-refractivity contribution < 1.29 is 19.1 Å². The Bertz CT molecular complexity index is 592. The lowest BCUT2D eigenvalue weighted by atomic mass is 9.85. The van der Waals surface area contributed by atoms with E-state index in [2.05, 4.69) is 5.32 Å². The third kappa shape index (κ3) is 4.81. The number of urea groups is 1. The van der Waals surface area contributed by atoms with Crippen molar-refractivity contribution in [1.82, 2.24) is 10.2 Å². The van der Waals surface area contributed by atoms with Crippen LogP contribution in [0.25, 0.3) is 0 Å². The van der Waals surface area contributed by atoms with E-state index in [1.807, 2.05) is 51.1 Å². The topological polar surface area (TPSA) is 75.7 Å². The van der Waals surface area contributed by atoms with Crippen molar-refractivity contribution in [2.24, 2.45) is 5.41 Å². The maximum atomic E-state index is 12.1. The van der Waals surface area contributed by atoms with E-state index in [4.69, 9.17) is 4.74 Å². The average Bonchev–Trinajstić information content (AvgIpc) is 2.76. The van der Waals surface area contributed by atoms with Gasteiger partial charge in [-0.1, -0.05) is 51.1 Å². The summed E-state index contributed by atoms with van der Waals surface area (Å²) < 4.78 is 5.59. The molecule has 0 bridgehead atoms. The molecule has 1 atom stereocenters. The maximum Gasteiger partial charge on any atom is 0.326 e. The van der Waals surface area contributed by atoms with Crippen LogP contribution in [0.4, 0.5) is 4.79 Å². The number of ether oxygens (including phenoxy) is 1. The van der Waals surface area contributed by atoms with Crippen molar-refractivity contribution in [1.29, 1.82) is 0 Å². The quantitative estimate of drug-likeness (QED) is 0.663. The van der Waals surface area contributed by atoms with E-state index >= 15 is 0 Å². The minimum Gasteiger partial charge on any atom is -0.460 e. The third-order valence-electron chi connectivity index (χ3n) is 3.69. The summed E-state index contributed by atoms with van der Waals surface area (Å²) in [4.78, 5) is 35.9. The molecule has 124 valence electrons. The number of amides is 3. The minimum absolute atomic E-state index is 0.104. The minimum atomic E-state index is -0.553. The van der Waals surface area contributed by atoms with E-state index in [9.17, 15) is 14.4 Å². The zero-order chi connectivity index (χ0) is 17.0. The highest BCUT2D eigenvalue weighted by molar-refractivity contribution is 6.03. The summed E-state index contributed by atoms with van der Waals surface area (Å²) in [5.74, 6) is -0.912. The molecule has 1 saturated heterocycles. The molecule has 0 aliphatic carbocycles. The van der Waals surface area contributed by atoms with E-state index in [0.29, 0.717) is 6.42 Å². The Morgan fingerprint density at radius 1 is 1.26 bits per heavy atom. The highest BCUT2D eigenvalue weighted by Gasteiger charge is 2.32. The molecule has 0 saturated carbocycles. The van der Waals surface area contributed by atoms with Crippen molar-refractivity contribution in [3.05, 3.63) is 35.9 Å². The molecular formula is C17H22N2O4. The van der Waals surface area contributed by atoms with Crippen molar-refractivity contribution in [3.8, 4) is 0 Å². The molecule has 23 heavy (non-hydrogen) atoms. The zero-order valence-corrected chi connectivity index (χ0v) is 13.7. The number of rotatable bonds is 5. The van der Waals surface area contributed by atoms with E-state index in [-0.39, 0.29) is 24.6 Å². The van der Waals surface area contributed by atoms with Gasteiger partial charge in [0.1, 0.15) is 19.2 Å². The number of hydrogen-bond acceptors (Lipinski definition) is 4. The SMILES string of the molecule is CC(C)(C)C(Cc1ccccc1)OC(=O)CN1CC(=O)NC1=O. The molecule has 0 spiro atoms. The van der Waals surface area contributed by atoms with Crippen molar-refractivity contribution in [2.45, 2.75) is 33.3 Å². The number of nitrogens with zero attached hydrogens (tertiary/aromatic N) is 1. The molecule has 2 rings (SSSR count). The van der Waals surface area contributed by atoms with Crippen LogP contribution in [-0.2, 0) is 20.7 Å². The number of imide groups is 1. The van der Waals surface area contributed by atoms with Gasteiger partial charge in [-0.25, -0.2) is 4.79 Å². The summed E-state index contributed by atoms with van der Waals surface area (Å²) in [7, 11) is 0. The van der Waals surface area contributed by atoms with Gasteiger partial charge in [-0.2, -0.15) is 0 Å². The molecule has 1 aliphatic heterocycles. The number of nitrogens with one attached hydrogen (secondary N) is 1. The Labute approximate surface area is 135 Å². The Kier molecular flexibility index (Phi) is 5.03. The first kappa shape index (κ1) is 17.0. The van der Waals surface area contributed by atoms with Gasteiger partial charge >= 0.3 is 12.0 Å². The largest absolute Gasteiger partial charge is 0.460 e. The lowest BCUT2D eigenvalue weighted by molar-refractivity contribution is -0.155. The zero-order valence-electron chi connectivity index (χ0n) is 13.7. The molecule has 1 aromatic carbocycles. The highest BCUT2D eigenvalue weighted by Crippen LogP contribution is 2.26. The van der Waals surface area contributed by atoms with Gasteiger partial charge in [0.15, 0.2) is 0 Å². The fourth-order valence-electron chi connectivity index (χ4n) is 2.32. The standard InChI is InChI=1S/C17H22N2O4/c1-17(2,3)13(9-12-7-5-4-6-8-12)23-15(21)11-19-10-14(20)18-16(19)22/h4-8,13H,9-11H2,1-3H3,(H,18,20,22). The van der Waals surface area contributed by atoms with Crippen LogP contribution in [-0.4, -0.2) is 42.0 Å². The molecule has 1 fully saturated rings. The number of hydrogen-bond donors (Lipinski definition) is 1. The summed E-state index contributed by atoms with van der Waals surface area (Å²) in [6, 6.07) is 9.24. The van der Waals surface area contributed by atoms with Crippen LogP contribution in [0, 0.1) is 5.41 Å². The van der Waals surface area contributed by atoms with Gasteiger partial charge in [0.25, 0.3) is 0 Å². The van der Waals surface area contributed by atoms with E-state index in [1.54, 1.807) is 0 Å². The molecule has 1 aliphatic rings. The van der Waals surface area contributed by atoms with Crippen LogP contribution in [0.3, 0.4) is 0 Å². The van der Waals surface area contributed by atoms with E-state index in [1.165, 1.54) is 0 Å². The van der Waals surface area contributed by atoms with Crippen molar-refractivity contribution in [2.75, 3.05) is 13.1 Å². The normalized spacial score (nSPS) is 16.2. The van der Waals surface area contributed by atoms with Gasteiger partial charge in [-0.05, 0) is 11.0 Å². The van der Waals surface area contributed by atoms with Crippen LogP contribution in [0.5, 0.6) is 0 Å². The predicted octanol–water partition coefficient (Wildman–Crippen LogP) is 1.74. The monoisotopic (exact) mass is 318 g/mol. The van der Waals surface area contributed by atoms with E-state index in [0.717, 1.165) is 10.5 Å². The van der Waals surface area contributed by atoms with Gasteiger partial charge in [-0.15, -0.1) is 0 Å². The number of esters is 1. The third-order valence-corrected chi connectivity index (χ3v) is 3.69. The van der Waals surface area contributed by atoms with Gasteiger partial charge in [0.05, 0.1) is 0 Å². The molecule has 1 N–H and O–H groups in total. The lowest BCUT2D eigenvalue weighted by Crippen LogP contribution is -2.39. The molecule has 1 aromatic rings. The van der Waals surface area contributed by atoms with Crippen molar-refractivity contribution in [3.63, 3.8) is 0 Å². The van der Waals surface area contributed by atoms with Crippen LogP contribution in [0.1, 0.15) is 26.3 Å². The Morgan fingerprint density at radius 2 is 1.91 bits per heavy atom. The molecule has 0 radical (unpaired) electrons. The first-order valence-electron chi connectivity index (χ1n) is 7.58. The fraction of sp³-hybridized carbons (Fsp3) is 0.471. The predicted molar refractivity (Wildman–Crippen MR) is 84.6 cm³/mol. The molecular weight excluding hydrogens is 296 g/mol. The molecule has 3 amide bonds. The van der Waals surface area contributed by atoms with Gasteiger partial charge < -0.3 is 9.64 Å². The Balaban J connectivity index is 1.99. The number of carbonyl (C=O) groups is 3. The smallest absolute Gasteiger partial charge is 0.326 e. The van der Waals surface area contributed by atoms with Gasteiger partial charge in [-0.3, -0.25) is 14.9 Å². The summed E-state index contributed by atoms with van der Waals surface area (Å²) in [5, 5.41) is 2.14. The first-order valence-corrected chi connectivity index (χ1v) is 7.58. The van der Waals surface area contributed by atoms with Crippen LogP contribution >= 0.6 is 0 Å².